The molecule has 1 aromatic carbocycles. The van der Waals surface area contributed by atoms with Gasteiger partial charge in [0.1, 0.15) is 0 Å². The van der Waals surface area contributed by atoms with Gasteiger partial charge in [-0.3, -0.25) is 4.98 Å². The van der Waals surface area contributed by atoms with Gasteiger partial charge in [-0.1, -0.05) is 44.5 Å². The Labute approximate surface area is 160 Å². The van der Waals surface area contributed by atoms with E-state index in [1.807, 2.05) is 24.0 Å². The minimum atomic E-state index is 0.293. The van der Waals surface area contributed by atoms with Crippen LogP contribution in [0.15, 0.2) is 35.4 Å². The maximum absolute atomic E-state index is 6.52. The Kier molecular flexibility index (Phi) is 6.08. The lowest BCUT2D eigenvalue weighted by molar-refractivity contribution is 0.410. The lowest BCUT2D eigenvalue weighted by atomic mass is 9.89. The minimum absolute atomic E-state index is 0.293. The van der Waals surface area contributed by atoms with Gasteiger partial charge in [0.25, 0.3) is 0 Å². The van der Waals surface area contributed by atoms with Crippen molar-refractivity contribution in [3.05, 3.63) is 57.9 Å². The summed E-state index contributed by atoms with van der Waals surface area (Å²) in [5.41, 5.74) is 5.57. The fourth-order valence-corrected chi connectivity index (χ4v) is 4.69. The van der Waals surface area contributed by atoms with Gasteiger partial charge in [0.15, 0.2) is 0 Å². The summed E-state index contributed by atoms with van der Waals surface area (Å²) in [6.07, 6.45) is 5.21. The van der Waals surface area contributed by atoms with E-state index in [0.717, 1.165) is 48.8 Å². The largest absolute Gasteiger partial charge is 0.316 e. The number of fused-ring (bicyclic) bond motifs is 1. The summed E-state index contributed by atoms with van der Waals surface area (Å²) in [6.45, 7) is 8.86. The monoisotopic (exact) mass is 374 g/mol. The van der Waals surface area contributed by atoms with E-state index in [1.165, 1.54) is 21.6 Å². The number of halogens is 1. The maximum Gasteiger partial charge on any atom is 0.0544 e. The van der Waals surface area contributed by atoms with Gasteiger partial charge >= 0.3 is 0 Å². The third-order valence-corrected chi connectivity index (χ3v) is 6.04. The van der Waals surface area contributed by atoms with Crippen LogP contribution in [0.1, 0.15) is 43.2 Å². The van der Waals surface area contributed by atoms with E-state index < -0.39 is 0 Å². The molecule has 1 aliphatic rings. The van der Waals surface area contributed by atoms with Gasteiger partial charge in [-0.05, 0) is 66.6 Å². The minimum Gasteiger partial charge on any atom is -0.316 e. The van der Waals surface area contributed by atoms with E-state index >= 15 is 0 Å². The number of aromatic nitrogens is 1. The molecule has 0 atom stereocenters. The van der Waals surface area contributed by atoms with Crippen molar-refractivity contribution in [3.63, 3.8) is 0 Å². The third-order valence-electron chi connectivity index (χ3n) is 4.42. The quantitative estimate of drug-likeness (QED) is 0.734. The molecule has 0 saturated heterocycles. The molecule has 0 aliphatic carbocycles. The van der Waals surface area contributed by atoms with Crippen LogP contribution in [0.25, 0.3) is 0 Å². The molecule has 1 aromatic heterocycles. The van der Waals surface area contributed by atoms with E-state index in [4.69, 9.17) is 11.6 Å². The summed E-state index contributed by atoms with van der Waals surface area (Å²) < 4.78 is 0. The van der Waals surface area contributed by atoms with Crippen LogP contribution in [-0.4, -0.2) is 18.1 Å². The van der Waals surface area contributed by atoms with Gasteiger partial charge in [-0.2, -0.15) is 0 Å². The Hall–Kier alpha value is -1.03. The highest BCUT2D eigenvalue weighted by molar-refractivity contribution is 7.98. The molecule has 1 N–H and O–H groups in total. The summed E-state index contributed by atoms with van der Waals surface area (Å²) in [7, 11) is 0. The van der Waals surface area contributed by atoms with Crippen molar-refractivity contribution in [1.29, 1.82) is 0 Å². The summed E-state index contributed by atoms with van der Waals surface area (Å²) in [5, 5.41) is 4.35. The number of nitrogens with zero attached hydrogens (tertiary/aromatic N) is 1. The van der Waals surface area contributed by atoms with E-state index in [1.54, 1.807) is 0 Å². The number of nitrogens with one attached hydrogen (secondary N) is 1. The molecular formula is C21H27ClN2S. The molecule has 3 rings (SSSR count). The molecule has 25 heavy (non-hydrogen) atoms. The van der Waals surface area contributed by atoms with Crippen LogP contribution in [0.5, 0.6) is 0 Å². The van der Waals surface area contributed by atoms with Gasteiger partial charge in [-0.25, -0.2) is 0 Å². The molecule has 1 aliphatic heterocycles. The molecule has 0 fully saturated rings. The Balaban J connectivity index is 1.71. The Morgan fingerprint density at radius 2 is 1.92 bits per heavy atom. The number of hydrogen-bond acceptors (Lipinski definition) is 3. The highest BCUT2D eigenvalue weighted by Crippen LogP contribution is 2.35. The summed E-state index contributed by atoms with van der Waals surface area (Å²) in [4.78, 5) is 5.90. The van der Waals surface area contributed by atoms with E-state index in [0.29, 0.717) is 5.41 Å². The average molecular weight is 375 g/mol. The van der Waals surface area contributed by atoms with Crippen molar-refractivity contribution in [2.24, 2.45) is 5.41 Å². The van der Waals surface area contributed by atoms with Crippen LogP contribution in [0.2, 0.25) is 5.02 Å². The Morgan fingerprint density at radius 3 is 2.64 bits per heavy atom. The van der Waals surface area contributed by atoms with Crippen LogP contribution in [-0.2, 0) is 25.0 Å². The highest BCUT2D eigenvalue weighted by Gasteiger charge is 2.16. The summed E-state index contributed by atoms with van der Waals surface area (Å²) in [6, 6.07) is 8.61. The molecule has 4 heteroatoms. The van der Waals surface area contributed by atoms with Crippen molar-refractivity contribution >= 4 is 23.4 Å². The molecule has 2 heterocycles. The van der Waals surface area contributed by atoms with Crippen molar-refractivity contribution < 1.29 is 0 Å². The zero-order valence-corrected chi connectivity index (χ0v) is 16.9. The topological polar surface area (TPSA) is 24.9 Å². The lowest BCUT2D eigenvalue weighted by Gasteiger charge is -2.18. The normalized spacial score (nSPS) is 14.9. The highest BCUT2D eigenvalue weighted by atomic mass is 35.5. The molecule has 0 saturated carbocycles. The number of thioether (sulfide) groups is 1. The van der Waals surface area contributed by atoms with Crippen LogP contribution < -0.4 is 5.32 Å². The second kappa shape index (κ2) is 8.11. The fourth-order valence-electron chi connectivity index (χ4n) is 3.27. The van der Waals surface area contributed by atoms with Gasteiger partial charge in [0, 0.05) is 16.8 Å². The molecular weight excluding hydrogens is 348 g/mol. The molecule has 0 bridgehead atoms. The smallest absolute Gasteiger partial charge is 0.0544 e. The van der Waals surface area contributed by atoms with Gasteiger partial charge in [0.05, 0.1) is 10.7 Å². The van der Waals surface area contributed by atoms with Crippen molar-refractivity contribution in [3.8, 4) is 0 Å². The first kappa shape index (κ1) is 18.8. The van der Waals surface area contributed by atoms with E-state index in [-0.39, 0.29) is 0 Å². The zero-order chi connectivity index (χ0) is 17.9. The average Bonchev–Trinajstić information content (AvgIpc) is 2.79. The van der Waals surface area contributed by atoms with Crippen LogP contribution >= 0.6 is 23.4 Å². The van der Waals surface area contributed by atoms with Crippen molar-refractivity contribution in [2.45, 2.75) is 50.7 Å². The first-order valence-corrected chi connectivity index (χ1v) is 10.4. The second-order valence-electron chi connectivity index (χ2n) is 7.95. The Morgan fingerprint density at radius 1 is 1.12 bits per heavy atom. The van der Waals surface area contributed by atoms with E-state index in [9.17, 15) is 0 Å². The first-order valence-electron chi connectivity index (χ1n) is 9.00. The summed E-state index contributed by atoms with van der Waals surface area (Å²) in [5.74, 6) is 0.861. The standard InChI is InChI=1S/C21H27ClN2S/c1-21(2,3)12-15-4-6-17(24-13-15)14-25-20-18-9-11-23-10-8-16(18)5-7-19(20)22/h4-7,13,23H,8-12,14H2,1-3H3. The maximum atomic E-state index is 6.52. The molecule has 0 unspecified atom stereocenters. The number of pyridine rings is 1. The second-order valence-corrected chi connectivity index (χ2v) is 9.34. The van der Waals surface area contributed by atoms with Gasteiger partial charge in [-0.15, -0.1) is 11.8 Å². The summed E-state index contributed by atoms with van der Waals surface area (Å²) >= 11 is 8.34. The molecule has 134 valence electrons. The van der Waals surface area contributed by atoms with Crippen LogP contribution in [0.3, 0.4) is 0 Å². The van der Waals surface area contributed by atoms with Crippen molar-refractivity contribution in [2.75, 3.05) is 13.1 Å². The van der Waals surface area contributed by atoms with Crippen LogP contribution in [0.4, 0.5) is 0 Å². The lowest BCUT2D eigenvalue weighted by Crippen LogP contribution is -2.16. The number of hydrogen-bond donors (Lipinski definition) is 1. The molecule has 0 radical (unpaired) electrons. The zero-order valence-electron chi connectivity index (χ0n) is 15.4. The molecule has 0 amide bonds. The SMILES string of the molecule is CC(C)(C)Cc1ccc(CSc2c(Cl)ccc3c2CCNCC3)nc1. The predicted octanol–water partition coefficient (Wildman–Crippen LogP) is 5.30. The van der Waals surface area contributed by atoms with Crippen molar-refractivity contribution in [1.82, 2.24) is 10.3 Å². The van der Waals surface area contributed by atoms with Crippen LogP contribution in [0, 0.1) is 5.41 Å². The third kappa shape index (κ3) is 5.22. The molecule has 2 aromatic rings. The fraction of sp³-hybridized carbons (Fsp3) is 0.476. The molecule has 0 spiro atoms. The first-order chi connectivity index (χ1) is 11.9. The predicted molar refractivity (Wildman–Crippen MR) is 109 cm³/mol. The number of rotatable bonds is 4. The molecule has 2 nitrogen and oxygen atoms in total. The van der Waals surface area contributed by atoms with Gasteiger partial charge in [0.2, 0.25) is 0 Å². The number of benzene rings is 1. The van der Waals surface area contributed by atoms with E-state index in [2.05, 4.69) is 49.3 Å². The Bertz CT molecular complexity index is 720. The van der Waals surface area contributed by atoms with Gasteiger partial charge < -0.3 is 5.32 Å².